The third-order valence-electron chi connectivity index (χ3n) is 3.74. The molecule has 2 rings (SSSR count). The van der Waals surface area contributed by atoms with Crippen molar-refractivity contribution >= 4 is 18.3 Å². The molecule has 0 bridgehead atoms. The Morgan fingerprint density at radius 2 is 1.89 bits per heavy atom. The maximum Gasteiger partial charge on any atom is 0.250 e. The lowest BCUT2D eigenvalue weighted by Crippen LogP contribution is -2.51. The van der Waals surface area contributed by atoms with E-state index in [0.29, 0.717) is 19.2 Å². The summed E-state index contributed by atoms with van der Waals surface area (Å²) in [5.41, 5.74) is 0. The number of nitrogens with one attached hydrogen (secondary N) is 2. The largest absolute Gasteiger partial charge is 0.366 e. The first kappa shape index (κ1) is 15.7. The van der Waals surface area contributed by atoms with Crippen LogP contribution >= 0.6 is 12.4 Å². The lowest BCUT2D eigenvalue weighted by Gasteiger charge is -2.33. The van der Waals surface area contributed by atoms with Gasteiger partial charge >= 0.3 is 0 Å². The lowest BCUT2D eigenvalue weighted by molar-refractivity contribution is -0.135. The number of halogens is 1. The minimum absolute atomic E-state index is 0. The van der Waals surface area contributed by atoms with Crippen molar-refractivity contribution < 1.29 is 9.53 Å². The quantitative estimate of drug-likeness (QED) is 0.800. The van der Waals surface area contributed by atoms with E-state index in [0.717, 1.165) is 31.2 Å². The Balaban J connectivity index is 0.00000162. The third kappa shape index (κ3) is 4.41. The summed E-state index contributed by atoms with van der Waals surface area (Å²) >= 11 is 0. The van der Waals surface area contributed by atoms with Gasteiger partial charge in [-0.05, 0) is 31.1 Å². The number of morpholine rings is 1. The predicted octanol–water partition coefficient (Wildman–Crippen LogP) is 1.34. The molecule has 1 aliphatic carbocycles. The molecule has 4 nitrogen and oxygen atoms in total. The zero-order valence-corrected chi connectivity index (χ0v) is 12.1. The van der Waals surface area contributed by atoms with E-state index < -0.39 is 0 Å². The summed E-state index contributed by atoms with van der Waals surface area (Å²) in [4.78, 5) is 12.0. The van der Waals surface area contributed by atoms with Gasteiger partial charge in [0, 0.05) is 19.1 Å². The van der Waals surface area contributed by atoms with Crippen LogP contribution in [0.15, 0.2) is 0 Å². The molecule has 0 aromatic heterocycles. The molecule has 0 radical (unpaired) electrons. The predicted molar refractivity (Wildman–Crippen MR) is 74.0 cm³/mol. The highest BCUT2D eigenvalue weighted by Crippen LogP contribution is 2.28. The second-order valence-corrected chi connectivity index (χ2v) is 5.69. The Kier molecular flexibility index (Phi) is 6.39. The Labute approximate surface area is 116 Å². The van der Waals surface area contributed by atoms with Gasteiger partial charge in [0.2, 0.25) is 0 Å². The number of hydrogen-bond acceptors (Lipinski definition) is 3. The molecule has 2 aliphatic rings. The zero-order chi connectivity index (χ0) is 12.3. The van der Waals surface area contributed by atoms with Gasteiger partial charge in [0.1, 0.15) is 6.10 Å². The van der Waals surface area contributed by atoms with Crippen molar-refractivity contribution in [3.63, 3.8) is 0 Å². The summed E-state index contributed by atoms with van der Waals surface area (Å²) in [6, 6.07) is 0.340. The van der Waals surface area contributed by atoms with Gasteiger partial charge in [-0.3, -0.25) is 4.79 Å². The Morgan fingerprint density at radius 3 is 2.44 bits per heavy atom. The topological polar surface area (TPSA) is 50.4 Å². The van der Waals surface area contributed by atoms with Crippen LogP contribution in [0, 0.1) is 11.8 Å². The molecule has 0 aromatic carbocycles. The van der Waals surface area contributed by atoms with Crippen LogP contribution in [-0.2, 0) is 9.53 Å². The molecule has 106 valence electrons. The van der Waals surface area contributed by atoms with Crippen LogP contribution in [-0.4, -0.2) is 37.7 Å². The highest BCUT2D eigenvalue weighted by molar-refractivity contribution is 5.85. The number of amides is 1. The van der Waals surface area contributed by atoms with Crippen LogP contribution in [0.25, 0.3) is 0 Å². The van der Waals surface area contributed by atoms with E-state index in [4.69, 9.17) is 4.74 Å². The second-order valence-electron chi connectivity index (χ2n) is 5.69. The molecule has 18 heavy (non-hydrogen) atoms. The van der Waals surface area contributed by atoms with Crippen molar-refractivity contribution in [2.24, 2.45) is 11.8 Å². The van der Waals surface area contributed by atoms with Gasteiger partial charge in [0.05, 0.1) is 6.61 Å². The van der Waals surface area contributed by atoms with Crippen molar-refractivity contribution in [3.05, 3.63) is 0 Å². The van der Waals surface area contributed by atoms with E-state index >= 15 is 0 Å². The number of carbonyl (C=O) groups excluding carboxylic acids is 1. The van der Waals surface area contributed by atoms with E-state index in [2.05, 4.69) is 24.5 Å². The Hall–Kier alpha value is -0.320. The smallest absolute Gasteiger partial charge is 0.250 e. The first-order chi connectivity index (χ1) is 8.15. The van der Waals surface area contributed by atoms with Crippen LogP contribution in [0.3, 0.4) is 0 Å². The van der Waals surface area contributed by atoms with E-state index in [9.17, 15) is 4.79 Å². The number of rotatable bonds is 2. The van der Waals surface area contributed by atoms with Crippen molar-refractivity contribution in [2.75, 3.05) is 19.7 Å². The molecule has 2 N–H and O–H groups in total. The summed E-state index contributed by atoms with van der Waals surface area (Å²) in [5, 5.41) is 6.33. The molecule has 1 aliphatic heterocycles. The maximum absolute atomic E-state index is 12.0. The van der Waals surface area contributed by atoms with Gasteiger partial charge in [-0.2, -0.15) is 0 Å². The van der Waals surface area contributed by atoms with Crippen LogP contribution < -0.4 is 10.6 Å². The SMILES string of the molecule is CC1CC(C)CC(NC(=O)C2CNCCO2)C1.Cl. The molecule has 3 unspecified atom stereocenters. The standard InChI is InChI=1S/C13H24N2O2.ClH/c1-9-5-10(2)7-11(6-9)15-13(16)12-8-14-3-4-17-12;/h9-12,14H,3-8H2,1-2H3,(H,15,16);1H. The van der Waals surface area contributed by atoms with Crippen LogP contribution in [0.5, 0.6) is 0 Å². The fraction of sp³-hybridized carbons (Fsp3) is 0.923. The summed E-state index contributed by atoms with van der Waals surface area (Å²) in [7, 11) is 0. The summed E-state index contributed by atoms with van der Waals surface area (Å²) in [6.45, 7) is 6.67. The molecule has 1 heterocycles. The number of carbonyl (C=O) groups is 1. The molecule has 3 atom stereocenters. The van der Waals surface area contributed by atoms with Crippen LogP contribution in [0.4, 0.5) is 0 Å². The van der Waals surface area contributed by atoms with Gasteiger partial charge in [-0.25, -0.2) is 0 Å². The summed E-state index contributed by atoms with van der Waals surface area (Å²) in [5.74, 6) is 1.49. The van der Waals surface area contributed by atoms with Crippen molar-refractivity contribution in [1.29, 1.82) is 0 Å². The molecular weight excluding hydrogens is 252 g/mol. The summed E-state index contributed by atoms with van der Waals surface area (Å²) in [6.07, 6.45) is 3.21. The van der Waals surface area contributed by atoms with Gasteiger partial charge < -0.3 is 15.4 Å². The Morgan fingerprint density at radius 1 is 1.22 bits per heavy atom. The van der Waals surface area contributed by atoms with Crippen LogP contribution in [0.2, 0.25) is 0 Å². The zero-order valence-electron chi connectivity index (χ0n) is 11.3. The average Bonchev–Trinajstić information content (AvgIpc) is 2.28. The lowest BCUT2D eigenvalue weighted by atomic mass is 9.80. The fourth-order valence-corrected chi connectivity index (χ4v) is 3.09. The molecular formula is C13H25ClN2O2. The monoisotopic (exact) mass is 276 g/mol. The van der Waals surface area contributed by atoms with E-state index in [1.165, 1.54) is 6.42 Å². The molecule has 0 spiro atoms. The molecule has 1 saturated carbocycles. The molecule has 0 aromatic rings. The second kappa shape index (κ2) is 7.31. The molecule has 1 amide bonds. The Bertz CT molecular complexity index is 260. The van der Waals surface area contributed by atoms with Gasteiger partial charge in [-0.1, -0.05) is 13.8 Å². The number of hydrogen-bond donors (Lipinski definition) is 2. The van der Waals surface area contributed by atoms with Gasteiger partial charge in [0.15, 0.2) is 0 Å². The first-order valence-corrected chi connectivity index (χ1v) is 6.78. The van der Waals surface area contributed by atoms with E-state index in [-0.39, 0.29) is 24.4 Å². The highest BCUT2D eigenvalue weighted by Gasteiger charge is 2.28. The van der Waals surface area contributed by atoms with Crippen molar-refractivity contribution in [1.82, 2.24) is 10.6 Å². The van der Waals surface area contributed by atoms with E-state index in [1.54, 1.807) is 0 Å². The normalized spacial score (nSPS) is 36.6. The van der Waals surface area contributed by atoms with Crippen LogP contribution in [0.1, 0.15) is 33.1 Å². The molecule has 5 heteroatoms. The van der Waals surface area contributed by atoms with Gasteiger partial charge in [0.25, 0.3) is 5.91 Å². The van der Waals surface area contributed by atoms with Crippen molar-refractivity contribution in [2.45, 2.75) is 45.3 Å². The fourth-order valence-electron chi connectivity index (χ4n) is 3.09. The third-order valence-corrected chi connectivity index (χ3v) is 3.74. The van der Waals surface area contributed by atoms with Gasteiger partial charge in [-0.15, -0.1) is 12.4 Å². The molecule has 1 saturated heterocycles. The minimum Gasteiger partial charge on any atom is -0.366 e. The molecule has 2 fully saturated rings. The number of ether oxygens (including phenoxy) is 1. The minimum atomic E-state index is -0.295. The van der Waals surface area contributed by atoms with Crippen molar-refractivity contribution in [3.8, 4) is 0 Å². The first-order valence-electron chi connectivity index (χ1n) is 6.78. The summed E-state index contributed by atoms with van der Waals surface area (Å²) < 4.78 is 5.46. The average molecular weight is 277 g/mol. The highest BCUT2D eigenvalue weighted by atomic mass is 35.5. The van der Waals surface area contributed by atoms with E-state index in [1.807, 2.05) is 0 Å². The maximum atomic E-state index is 12.0.